The highest BCUT2D eigenvalue weighted by molar-refractivity contribution is 5.83. The molecule has 1 heterocycles. The number of hydrogen-bond donors (Lipinski definition) is 2. The van der Waals surface area contributed by atoms with Crippen molar-refractivity contribution in [3.8, 4) is 0 Å². The lowest BCUT2D eigenvalue weighted by molar-refractivity contribution is -0.368. The maximum Gasteiger partial charge on any atom is 0.0743 e. The SMILES string of the molecule is Cc1ccc2[nH]cc(CCC[NH3+])c2c1. The van der Waals surface area contributed by atoms with E-state index < -0.39 is 0 Å². The Morgan fingerprint density at radius 1 is 1.36 bits per heavy atom. The number of hydrogen-bond acceptors (Lipinski definition) is 0. The number of rotatable bonds is 3. The van der Waals surface area contributed by atoms with E-state index in [4.69, 9.17) is 0 Å². The number of quaternary nitrogens is 1. The third kappa shape index (κ3) is 1.66. The minimum Gasteiger partial charge on any atom is -0.361 e. The van der Waals surface area contributed by atoms with Crippen LogP contribution in [0.15, 0.2) is 24.4 Å². The van der Waals surface area contributed by atoms with Gasteiger partial charge in [0.1, 0.15) is 0 Å². The molecule has 4 N–H and O–H groups in total. The van der Waals surface area contributed by atoms with E-state index in [1.807, 2.05) is 0 Å². The summed E-state index contributed by atoms with van der Waals surface area (Å²) in [7, 11) is 0. The molecule has 74 valence electrons. The van der Waals surface area contributed by atoms with Gasteiger partial charge in [-0.25, -0.2) is 0 Å². The average molecular weight is 189 g/mol. The van der Waals surface area contributed by atoms with Gasteiger partial charge in [-0.2, -0.15) is 0 Å². The predicted octanol–water partition coefficient (Wildman–Crippen LogP) is 1.65. The third-order valence-electron chi connectivity index (χ3n) is 2.62. The van der Waals surface area contributed by atoms with Crippen molar-refractivity contribution in [1.82, 2.24) is 4.98 Å². The summed E-state index contributed by atoms with van der Waals surface area (Å²) in [5.41, 5.74) is 7.87. The van der Waals surface area contributed by atoms with Crippen LogP contribution < -0.4 is 5.73 Å². The molecule has 2 heteroatoms. The smallest absolute Gasteiger partial charge is 0.0743 e. The van der Waals surface area contributed by atoms with Gasteiger partial charge in [0.15, 0.2) is 0 Å². The van der Waals surface area contributed by atoms with Gasteiger partial charge < -0.3 is 10.7 Å². The summed E-state index contributed by atoms with van der Waals surface area (Å²) < 4.78 is 0. The first-order valence-electron chi connectivity index (χ1n) is 5.17. The summed E-state index contributed by atoms with van der Waals surface area (Å²) in [5.74, 6) is 0. The molecule has 0 saturated carbocycles. The molecular weight excluding hydrogens is 172 g/mol. The van der Waals surface area contributed by atoms with Gasteiger partial charge in [-0.3, -0.25) is 0 Å². The highest BCUT2D eigenvalue weighted by Gasteiger charge is 2.02. The van der Waals surface area contributed by atoms with Crippen LogP contribution in [0, 0.1) is 6.92 Å². The Labute approximate surface area is 84.1 Å². The van der Waals surface area contributed by atoms with Gasteiger partial charge in [-0.15, -0.1) is 0 Å². The molecule has 0 saturated heterocycles. The third-order valence-corrected chi connectivity index (χ3v) is 2.62. The quantitative estimate of drug-likeness (QED) is 0.737. The van der Waals surface area contributed by atoms with Gasteiger partial charge in [0.2, 0.25) is 0 Å². The van der Waals surface area contributed by atoms with Crippen molar-refractivity contribution in [1.29, 1.82) is 0 Å². The van der Waals surface area contributed by atoms with Gasteiger partial charge in [0.05, 0.1) is 6.54 Å². The minimum atomic E-state index is 1.01. The number of aryl methyl sites for hydroxylation is 2. The summed E-state index contributed by atoms with van der Waals surface area (Å²) in [4.78, 5) is 3.30. The van der Waals surface area contributed by atoms with Gasteiger partial charge in [-0.05, 0) is 31.0 Å². The summed E-state index contributed by atoms with van der Waals surface area (Å²) in [6.07, 6.45) is 4.42. The van der Waals surface area contributed by atoms with Crippen LogP contribution in [0.25, 0.3) is 10.9 Å². The maximum atomic E-state index is 3.87. The van der Waals surface area contributed by atoms with Crippen LogP contribution in [0.2, 0.25) is 0 Å². The van der Waals surface area contributed by atoms with Crippen LogP contribution in [0.3, 0.4) is 0 Å². The zero-order valence-electron chi connectivity index (χ0n) is 8.64. The molecule has 0 spiro atoms. The van der Waals surface area contributed by atoms with Crippen molar-refractivity contribution in [2.45, 2.75) is 19.8 Å². The summed E-state index contributed by atoms with van der Waals surface area (Å²) in [6.45, 7) is 3.15. The Morgan fingerprint density at radius 2 is 2.21 bits per heavy atom. The molecule has 2 aromatic rings. The lowest BCUT2D eigenvalue weighted by atomic mass is 10.1. The van der Waals surface area contributed by atoms with Crippen molar-refractivity contribution >= 4 is 10.9 Å². The molecule has 1 aromatic heterocycles. The Bertz CT molecular complexity index is 429. The molecule has 0 fully saturated rings. The Kier molecular flexibility index (Phi) is 2.55. The lowest BCUT2D eigenvalue weighted by Crippen LogP contribution is -2.50. The fraction of sp³-hybridized carbons (Fsp3) is 0.333. The molecule has 0 aliphatic heterocycles. The van der Waals surface area contributed by atoms with Crippen LogP contribution in [0.4, 0.5) is 0 Å². The van der Waals surface area contributed by atoms with E-state index in [1.165, 1.54) is 28.5 Å². The van der Waals surface area contributed by atoms with E-state index in [0.717, 1.165) is 13.0 Å². The van der Waals surface area contributed by atoms with Crippen molar-refractivity contribution < 1.29 is 5.73 Å². The molecule has 0 radical (unpaired) electrons. The van der Waals surface area contributed by atoms with Gasteiger partial charge in [-0.1, -0.05) is 11.6 Å². The second-order valence-electron chi connectivity index (χ2n) is 3.82. The number of aromatic nitrogens is 1. The molecule has 2 nitrogen and oxygen atoms in total. The second-order valence-corrected chi connectivity index (χ2v) is 3.82. The van der Waals surface area contributed by atoms with Crippen LogP contribution in [-0.4, -0.2) is 11.5 Å². The lowest BCUT2D eigenvalue weighted by Gasteiger charge is -1.97. The van der Waals surface area contributed by atoms with Crippen molar-refractivity contribution in [3.05, 3.63) is 35.5 Å². The first-order chi connectivity index (χ1) is 6.81. The van der Waals surface area contributed by atoms with E-state index in [9.17, 15) is 0 Å². The number of aromatic amines is 1. The fourth-order valence-electron chi connectivity index (χ4n) is 1.81. The largest absolute Gasteiger partial charge is 0.361 e. The molecule has 0 amide bonds. The molecule has 0 unspecified atom stereocenters. The van der Waals surface area contributed by atoms with Crippen molar-refractivity contribution in [3.63, 3.8) is 0 Å². The molecule has 14 heavy (non-hydrogen) atoms. The van der Waals surface area contributed by atoms with Crippen molar-refractivity contribution in [2.24, 2.45) is 0 Å². The zero-order chi connectivity index (χ0) is 9.97. The molecule has 0 bridgehead atoms. The standard InChI is InChI=1S/C12H16N2/c1-9-4-5-12-11(7-9)10(8-14-12)3-2-6-13/h4-5,7-8,14H,2-3,6,13H2,1H3/p+1. The first-order valence-corrected chi connectivity index (χ1v) is 5.17. The van der Waals surface area contributed by atoms with E-state index in [-0.39, 0.29) is 0 Å². The minimum absolute atomic E-state index is 1.01. The maximum absolute atomic E-state index is 3.87. The van der Waals surface area contributed by atoms with E-state index >= 15 is 0 Å². The number of nitrogens with one attached hydrogen (secondary N) is 1. The topological polar surface area (TPSA) is 43.4 Å². The normalized spacial score (nSPS) is 11.0. The van der Waals surface area contributed by atoms with Gasteiger partial charge in [0.25, 0.3) is 0 Å². The van der Waals surface area contributed by atoms with Crippen LogP contribution in [0.1, 0.15) is 17.5 Å². The fourth-order valence-corrected chi connectivity index (χ4v) is 1.81. The van der Waals surface area contributed by atoms with Crippen LogP contribution in [0.5, 0.6) is 0 Å². The molecule has 1 aromatic carbocycles. The van der Waals surface area contributed by atoms with Crippen LogP contribution >= 0.6 is 0 Å². The zero-order valence-corrected chi connectivity index (χ0v) is 8.64. The first kappa shape index (κ1) is 9.28. The van der Waals surface area contributed by atoms with E-state index in [1.54, 1.807) is 0 Å². The Hall–Kier alpha value is -1.28. The molecule has 0 aliphatic rings. The molecule has 0 aliphatic carbocycles. The molecule has 2 rings (SSSR count). The average Bonchev–Trinajstić information content (AvgIpc) is 2.57. The Morgan fingerprint density at radius 3 is 3.00 bits per heavy atom. The highest BCUT2D eigenvalue weighted by atomic mass is 14.7. The second kappa shape index (κ2) is 3.84. The van der Waals surface area contributed by atoms with E-state index in [2.05, 4.69) is 42.0 Å². The highest BCUT2D eigenvalue weighted by Crippen LogP contribution is 2.20. The monoisotopic (exact) mass is 189 g/mol. The molecule has 0 atom stereocenters. The summed E-state index contributed by atoms with van der Waals surface area (Å²) >= 11 is 0. The van der Waals surface area contributed by atoms with Crippen molar-refractivity contribution in [2.75, 3.05) is 6.54 Å². The summed E-state index contributed by atoms with van der Waals surface area (Å²) in [5, 5.41) is 1.37. The van der Waals surface area contributed by atoms with E-state index in [0.29, 0.717) is 0 Å². The molecular formula is C12H17N2+. The van der Waals surface area contributed by atoms with Crippen LogP contribution in [-0.2, 0) is 6.42 Å². The predicted molar refractivity (Wildman–Crippen MR) is 59.1 cm³/mol. The van der Waals surface area contributed by atoms with Gasteiger partial charge in [0, 0.05) is 23.5 Å². The number of H-pyrrole nitrogens is 1. The number of benzene rings is 1. The summed E-state index contributed by atoms with van der Waals surface area (Å²) in [6, 6.07) is 6.55. The van der Waals surface area contributed by atoms with Gasteiger partial charge >= 0.3 is 0 Å². The number of fused-ring (bicyclic) bond motifs is 1. The Balaban J connectivity index is 2.40.